The Labute approximate surface area is 130 Å². The van der Waals surface area contributed by atoms with Crippen molar-refractivity contribution in [3.63, 3.8) is 0 Å². The monoisotopic (exact) mass is 306 g/mol. The summed E-state index contributed by atoms with van der Waals surface area (Å²) in [4.78, 5) is 13.8. The quantitative estimate of drug-likeness (QED) is 0.867. The lowest BCUT2D eigenvalue weighted by atomic mass is 9.69. The highest BCUT2D eigenvalue weighted by Gasteiger charge is 2.54. The molecule has 2 aliphatic rings. The van der Waals surface area contributed by atoms with Crippen molar-refractivity contribution in [2.24, 2.45) is 5.41 Å². The van der Waals surface area contributed by atoms with E-state index in [0.29, 0.717) is 13.1 Å². The van der Waals surface area contributed by atoms with E-state index in [9.17, 15) is 9.18 Å². The van der Waals surface area contributed by atoms with E-state index in [1.807, 2.05) is 26.8 Å². The third kappa shape index (κ3) is 2.82. The molecule has 0 aromatic heterocycles. The van der Waals surface area contributed by atoms with E-state index < -0.39 is 5.60 Å². The minimum Gasteiger partial charge on any atom is -0.444 e. The van der Waals surface area contributed by atoms with Gasteiger partial charge in [0, 0.05) is 37.5 Å². The number of hydrogen-bond acceptors (Lipinski definition) is 3. The third-order valence-electron chi connectivity index (χ3n) is 4.48. The predicted molar refractivity (Wildman–Crippen MR) is 82.3 cm³/mol. The molecular weight excluding hydrogens is 283 g/mol. The van der Waals surface area contributed by atoms with Crippen molar-refractivity contribution in [2.45, 2.75) is 32.3 Å². The highest BCUT2D eigenvalue weighted by molar-refractivity contribution is 5.69. The van der Waals surface area contributed by atoms with Crippen LogP contribution in [0.15, 0.2) is 24.3 Å². The molecule has 0 radical (unpaired) electrons. The van der Waals surface area contributed by atoms with Crippen molar-refractivity contribution in [2.75, 3.05) is 26.2 Å². The molecule has 2 heterocycles. The maximum absolute atomic E-state index is 13.5. The van der Waals surface area contributed by atoms with Gasteiger partial charge in [0.05, 0.1) is 0 Å². The molecular formula is C17H23FN2O2. The Morgan fingerprint density at radius 1 is 1.41 bits per heavy atom. The fourth-order valence-electron chi connectivity index (χ4n) is 3.50. The SMILES string of the molecule is CC(C)(C)OC(=O)N1CC2(CNCC2c2cccc(F)c2)C1. The normalized spacial score (nSPS) is 23.5. The number of likely N-dealkylation sites (tertiary alicyclic amines) is 1. The van der Waals surface area contributed by atoms with Gasteiger partial charge in [0.15, 0.2) is 0 Å². The summed E-state index contributed by atoms with van der Waals surface area (Å²) in [6, 6.07) is 6.79. The third-order valence-corrected chi connectivity index (χ3v) is 4.48. The summed E-state index contributed by atoms with van der Waals surface area (Å²) < 4.78 is 18.9. The summed E-state index contributed by atoms with van der Waals surface area (Å²) in [6.45, 7) is 8.61. The molecule has 1 amide bonds. The number of hydrogen-bond donors (Lipinski definition) is 1. The van der Waals surface area contributed by atoms with Gasteiger partial charge in [0.1, 0.15) is 11.4 Å². The first-order valence-electron chi connectivity index (χ1n) is 7.73. The number of carbonyl (C=O) groups excluding carboxylic acids is 1. The van der Waals surface area contributed by atoms with E-state index in [-0.39, 0.29) is 23.2 Å². The Kier molecular flexibility index (Phi) is 3.63. The Morgan fingerprint density at radius 3 is 2.77 bits per heavy atom. The largest absolute Gasteiger partial charge is 0.444 e. The number of carbonyl (C=O) groups is 1. The first kappa shape index (κ1) is 15.3. The van der Waals surface area contributed by atoms with Gasteiger partial charge in [0.25, 0.3) is 0 Å². The van der Waals surface area contributed by atoms with E-state index in [2.05, 4.69) is 5.32 Å². The number of nitrogens with one attached hydrogen (secondary N) is 1. The molecule has 0 bridgehead atoms. The van der Waals surface area contributed by atoms with Crippen molar-refractivity contribution in [1.82, 2.24) is 10.2 Å². The highest BCUT2D eigenvalue weighted by Crippen LogP contribution is 2.46. The Bertz CT molecular complexity index is 576. The van der Waals surface area contributed by atoms with Gasteiger partial charge < -0.3 is 15.0 Å². The second-order valence-corrected chi connectivity index (χ2v) is 7.44. The lowest BCUT2D eigenvalue weighted by Gasteiger charge is -2.50. The molecule has 120 valence electrons. The van der Waals surface area contributed by atoms with Gasteiger partial charge in [-0.3, -0.25) is 0 Å². The molecule has 1 aromatic rings. The van der Waals surface area contributed by atoms with Crippen molar-refractivity contribution in [3.05, 3.63) is 35.6 Å². The second-order valence-electron chi connectivity index (χ2n) is 7.44. The van der Waals surface area contributed by atoms with Gasteiger partial charge in [-0.15, -0.1) is 0 Å². The number of nitrogens with zero attached hydrogens (tertiary/aromatic N) is 1. The summed E-state index contributed by atoms with van der Waals surface area (Å²) >= 11 is 0. The zero-order chi connectivity index (χ0) is 16.0. The first-order valence-corrected chi connectivity index (χ1v) is 7.73. The summed E-state index contributed by atoms with van der Waals surface area (Å²) in [5, 5.41) is 3.39. The van der Waals surface area contributed by atoms with Crippen molar-refractivity contribution in [1.29, 1.82) is 0 Å². The number of rotatable bonds is 1. The molecule has 2 saturated heterocycles. The average molecular weight is 306 g/mol. The van der Waals surface area contributed by atoms with Crippen molar-refractivity contribution < 1.29 is 13.9 Å². The van der Waals surface area contributed by atoms with E-state index in [1.54, 1.807) is 17.0 Å². The molecule has 5 heteroatoms. The molecule has 1 atom stereocenters. The second kappa shape index (κ2) is 5.23. The van der Waals surface area contributed by atoms with Gasteiger partial charge in [-0.25, -0.2) is 9.18 Å². The predicted octanol–water partition coefficient (Wildman–Crippen LogP) is 2.75. The standard InChI is InChI=1S/C17H23FN2O2/c1-16(2,3)22-15(21)20-10-17(11-20)9-19-8-14(17)12-5-4-6-13(18)7-12/h4-7,14,19H,8-11H2,1-3H3. The Balaban J connectivity index is 1.69. The summed E-state index contributed by atoms with van der Waals surface area (Å²) in [7, 11) is 0. The van der Waals surface area contributed by atoms with Crippen LogP contribution in [-0.4, -0.2) is 42.8 Å². The maximum atomic E-state index is 13.5. The lowest BCUT2D eigenvalue weighted by Crippen LogP contribution is -2.62. The zero-order valence-corrected chi connectivity index (χ0v) is 13.4. The van der Waals surface area contributed by atoms with Crippen molar-refractivity contribution >= 4 is 6.09 Å². The molecule has 2 fully saturated rings. The number of halogens is 1. The lowest BCUT2D eigenvalue weighted by molar-refractivity contribution is -0.0328. The summed E-state index contributed by atoms with van der Waals surface area (Å²) in [5.74, 6) is 0.0322. The van der Waals surface area contributed by atoms with Crippen LogP contribution in [0.2, 0.25) is 0 Å². The van der Waals surface area contributed by atoms with Crippen LogP contribution in [0, 0.1) is 11.2 Å². The Hall–Kier alpha value is -1.62. The molecule has 3 rings (SSSR count). The topological polar surface area (TPSA) is 41.6 Å². The van der Waals surface area contributed by atoms with E-state index in [1.165, 1.54) is 6.07 Å². The Morgan fingerprint density at radius 2 is 2.14 bits per heavy atom. The molecule has 1 spiro atoms. The fraction of sp³-hybridized carbons (Fsp3) is 0.588. The molecule has 1 unspecified atom stereocenters. The van der Waals surface area contributed by atoms with E-state index in [4.69, 9.17) is 4.74 Å². The summed E-state index contributed by atoms with van der Waals surface area (Å²) in [6.07, 6.45) is -0.261. The molecule has 22 heavy (non-hydrogen) atoms. The average Bonchev–Trinajstić information content (AvgIpc) is 2.79. The van der Waals surface area contributed by atoms with Gasteiger partial charge in [-0.2, -0.15) is 0 Å². The van der Waals surface area contributed by atoms with Gasteiger partial charge in [-0.05, 0) is 38.5 Å². The van der Waals surface area contributed by atoms with Gasteiger partial charge in [0.2, 0.25) is 0 Å². The molecule has 2 aliphatic heterocycles. The van der Waals surface area contributed by atoms with Crippen LogP contribution in [0.3, 0.4) is 0 Å². The molecule has 4 nitrogen and oxygen atoms in total. The van der Waals surface area contributed by atoms with Gasteiger partial charge in [-0.1, -0.05) is 12.1 Å². The van der Waals surface area contributed by atoms with Crippen LogP contribution in [-0.2, 0) is 4.74 Å². The minimum atomic E-state index is -0.476. The van der Waals surface area contributed by atoms with E-state index >= 15 is 0 Å². The molecule has 0 aliphatic carbocycles. The first-order chi connectivity index (χ1) is 10.3. The number of ether oxygens (including phenoxy) is 1. The molecule has 1 aromatic carbocycles. The zero-order valence-electron chi connectivity index (χ0n) is 13.4. The van der Waals surface area contributed by atoms with E-state index in [0.717, 1.165) is 18.7 Å². The van der Waals surface area contributed by atoms with Crippen LogP contribution in [0.25, 0.3) is 0 Å². The van der Waals surface area contributed by atoms with Crippen LogP contribution in [0.4, 0.5) is 9.18 Å². The van der Waals surface area contributed by atoms with Crippen LogP contribution in [0.1, 0.15) is 32.3 Å². The number of benzene rings is 1. The van der Waals surface area contributed by atoms with Crippen molar-refractivity contribution in [3.8, 4) is 0 Å². The van der Waals surface area contributed by atoms with Crippen LogP contribution < -0.4 is 5.32 Å². The van der Waals surface area contributed by atoms with Crippen LogP contribution in [0.5, 0.6) is 0 Å². The maximum Gasteiger partial charge on any atom is 0.410 e. The number of amides is 1. The van der Waals surface area contributed by atoms with Crippen LogP contribution >= 0.6 is 0 Å². The molecule has 1 N–H and O–H groups in total. The molecule has 0 saturated carbocycles. The highest BCUT2D eigenvalue weighted by atomic mass is 19.1. The smallest absolute Gasteiger partial charge is 0.410 e. The summed E-state index contributed by atoms with van der Waals surface area (Å²) in [5.41, 5.74) is 0.536. The van der Waals surface area contributed by atoms with Gasteiger partial charge >= 0.3 is 6.09 Å². The minimum absolute atomic E-state index is 0.00466. The fourth-order valence-corrected chi connectivity index (χ4v) is 3.50.